The predicted molar refractivity (Wildman–Crippen MR) is 96.4 cm³/mol. The van der Waals surface area contributed by atoms with E-state index < -0.39 is 35.8 Å². The molecule has 3 atom stereocenters. The number of aliphatic hydroxyl groups excluding tert-OH is 1. The number of hydrogen-bond acceptors (Lipinski definition) is 6. The Morgan fingerprint density at radius 3 is 2.86 bits per heavy atom. The summed E-state index contributed by atoms with van der Waals surface area (Å²) in [6, 6.07) is 3.68. The quantitative estimate of drug-likeness (QED) is 0.576. The second-order valence-corrected chi connectivity index (χ2v) is 6.74. The highest BCUT2D eigenvalue weighted by atomic mass is 16.6. The number of ether oxygens (including phenoxy) is 2. The standard InChI is InChI=1S/C18H22N4O6/c1-11-9-22(17(25)20-16(11)24)15-7-13(23)14(28-15)8-19-18(26)27-10-12-3-5-21(2)6-4-12/h3-6,9,13-15,23H,7-8,10H2,1-2H3,(H-,19,20,24,25,26)/p+1/t13-,14+,15+/m0/s1. The molecule has 3 N–H and O–H groups in total. The highest BCUT2D eigenvalue weighted by Crippen LogP contribution is 2.27. The van der Waals surface area contributed by atoms with Gasteiger partial charge in [0, 0.05) is 42.4 Å². The minimum Gasteiger partial charge on any atom is -0.445 e. The number of aromatic nitrogens is 3. The molecular formula is C18H23N4O6+. The Labute approximate surface area is 160 Å². The first-order chi connectivity index (χ1) is 13.3. The number of aromatic amines is 1. The highest BCUT2D eigenvalue weighted by Gasteiger charge is 2.35. The van der Waals surface area contributed by atoms with Crippen LogP contribution in [0.25, 0.3) is 0 Å². The van der Waals surface area contributed by atoms with Gasteiger partial charge in [-0.25, -0.2) is 14.2 Å². The molecule has 28 heavy (non-hydrogen) atoms. The number of nitrogens with zero attached hydrogens (tertiary/aromatic N) is 2. The van der Waals surface area contributed by atoms with Crippen molar-refractivity contribution in [2.24, 2.45) is 7.05 Å². The van der Waals surface area contributed by atoms with Gasteiger partial charge in [-0.3, -0.25) is 14.3 Å². The van der Waals surface area contributed by atoms with Gasteiger partial charge in [-0.15, -0.1) is 0 Å². The van der Waals surface area contributed by atoms with Crippen LogP contribution in [0.3, 0.4) is 0 Å². The molecule has 1 amide bonds. The summed E-state index contributed by atoms with van der Waals surface area (Å²) < 4.78 is 13.9. The SMILES string of the molecule is Cc1cn([C@H]2C[C@H](O)[C@@H](CNC(=O)OCc3cc[n+](C)cc3)O2)c(=O)[nH]c1=O. The molecule has 2 aromatic heterocycles. The zero-order valence-electron chi connectivity index (χ0n) is 15.6. The maximum Gasteiger partial charge on any atom is 0.407 e. The van der Waals surface area contributed by atoms with Gasteiger partial charge in [0.05, 0.1) is 6.10 Å². The Hall–Kier alpha value is -2.98. The summed E-state index contributed by atoms with van der Waals surface area (Å²) in [5.74, 6) is 0. The molecule has 0 spiro atoms. The average Bonchev–Trinajstić information content (AvgIpc) is 3.03. The van der Waals surface area contributed by atoms with Crippen LogP contribution in [0.15, 0.2) is 40.3 Å². The van der Waals surface area contributed by atoms with Crippen molar-refractivity contribution in [3.05, 3.63) is 62.7 Å². The topological polar surface area (TPSA) is 127 Å². The molecular weight excluding hydrogens is 368 g/mol. The lowest BCUT2D eigenvalue weighted by Crippen LogP contribution is -2.37. The van der Waals surface area contributed by atoms with Gasteiger partial charge in [0.2, 0.25) is 0 Å². The van der Waals surface area contributed by atoms with Gasteiger partial charge < -0.3 is 19.9 Å². The molecule has 0 saturated carbocycles. The molecule has 3 heterocycles. The third-order valence-corrected chi connectivity index (χ3v) is 4.53. The summed E-state index contributed by atoms with van der Waals surface area (Å²) in [6.45, 7) is 1.72. The van der Waals surface area contributed by atoms with Gasteiger partial charge in [0.25, 0.3) is 5.56 Å². The van der Waals surface area contributed by atoms with Crippen molar-refractivity contribution in [3.8, 4) is 0 Å². The van der Waals surface area contributed by atoms with Crippen LogP contribution < -0.4 is 21.1 Å². The Kier molecular flexibility index (Phi) is 5.90. The molecule has 0 bridgehead atoms. The minimum absolute atomic E-state index is 0.0251. The molecule has 150 valence electrons. The van der Waals surface area contributed by atoms with Gasteiger partial charge >= 0.3 is 11.8 Å². The van der Waals surface area contributed by atoms with Crippen molar-refractivity contribution < 1.29 is 23.9 Å². The van der Waals surface area contributed by atoms with Crippen LogP contribution in [0.4, 0.5) is 4.79 Å². The molecule has 0 unspecified atom stereocenters. The number of alkyl carbamates (subject to hydrolysis) is 1. The van der Waals surface area contributed by atoms with E-state index in [1.165, 1.54) is 10.8 Å². The van der Waals surface area contributed by atoms with E-state index >= 15 is 0 Å². The maximum absolute atomic E-state index is 12.0. The number of amides is 1. The van der Waals surface area contributed by atoms with Crippen LogP contribution in [-0.2, 0) is 23.1 Å². The van der Waals surface area contributed by atoms with Crippen LogP contribution in [0.1, 0.15) is 23.8 Å². The first-order valence-corrected chi connectivity index (χ1v) is 8.84. The van der Waals surface area contributed by atoms with Gasteiger partial charge in [-0.1, -0.05) is 0 Å². The number of nitrogens with one attached hydrogen (secondary N) is 2. The number of carbonyl (C=O) groups excluding carboxylic acids is 1. The van der Waals surface area contributed by atoms with Crippen LogP contribution in [0.5, 0.6) is 0 Å². The van der Waals surface area contributed by atoms with Crippen LogP contribution in [-0.4, -0.2) is 39.5 Å². The molecule has 1 aliphatic rings. The zero-order valence-corrected chi connectivity index (χ0v) is 15.6. The number of carbonyl (C=O) groups is 1. The minimum atomic E-state index is -0.876. The van der Waals surface area contributed by atoms with E-state index in [0.29, 0.717) is 5.56 Å². The Bertz CT molecular complexity index is 952. The van der Waals surface area contributed by atoms with Crippen molar-refractivity contribution in [2.75, 3.05) is 6.54 Å². The van der Waals surface area contributed by atoms with Crippen molar-refractivity contribution in [3.63, 3.8) is 0 Å². The smallest absolute Gasteiger partial charge is 0.407 e. The molecule has 1 fully saturated rings. The summed E-state index contributed by atoms with van der Waals surface area (Å²) >= 11 is 0. The second-order valence-electron chi connectivity index (χ2n) is 6.74. The van der Waals surface area contributed by atoms with Gasteiger partial charge in [-0.2, -0.15) is 0 Å². The normalized spacial score (nSPS) is 21.5. The van der Waals surface area contributed by atoms with Crippen LogP contribution in [0, 0.1) is 6.92 Å². The maximum atomic E-state index is 12.0. The molecule has 10 heteroatoms. The molecule has 1 aliphatic heterocycles. The van der Waals surface area contributed by atoms with Crippen molar-refractivity contribution in [2.45, 2.75) is 38.4 Å². The van der Waals surface area contributed by atoms with E-state index in [1.807, 2.05) is 36.1 Å². The average molecular weight is 391 g/mol. The largest absolute Gasteiger partial charge is 0.445 e. The molecule has 1 saturated heterocycles. The van der Waals surface area contributed by atoms with Crippen molar-refractivity contribution in [1.82, 2.24) is 14.9 Å². The third kappa shape index (κ3) is 4.65. The molecule has 0 aromatic carbocycles. The van der Waals surface area contributed by atoms with Crippen molar-refractivity contribution in [1.29, 1.82) is 0 Å². The summed E-state index contributed by atoms with van der Waals surface area (Å²) in [5.41, 5.74) is 0.126. The van der Waals surface area contributed by atoms with Crippen molar-refractivity contribution >= 4 is 6.09 Å². The summed E-state index contributed by atoms with van der Waals surface area (Å²) in [6.07, 6.45) is 2.30. The summed E-state index contributed by atoms with van der Waals surface area (Å²) in [7, 11) is 1.89. The second kappa shape index (κ2) is 8.36. The van der Waals surface area contributed by atoms with Gasteiger partial charge in [-0.05, 0) is 6.92 Å². The van der Waals surface area contributed by atoms with Gasteiger partial charge in [0.15, 0.2) is 12.4 Å². The van der Waals surface area contributed by atoms with E-state index in [1.54, 1.807) is 6.92 Å². The molecule has 0 aliphatic carbocycles. The monoisotopic (exact) mass is 391 g/mol. The number of pyridine rings is 1. The Morgan fingerprint density at radius 1 is 1.43 bits per heavy atom. The van der Waals surface area contributed by atoms with E-state index in [2.05, 4.69) is 10.3 Å². The van der Waals surface area contributed by atoms with Crippen LogP contribution in [0.2, 0.25) is 0 Å². The summed E-state index contributed by atoms with van der Waals surface area (Å²) in [5, 5.41) is 12.7. The number of hydrogen-bond donors (Lipinski definition) is 3. The Morgan fingerprint density at radius 2 is 2.14 bits per heavy atom. The fourth-order valence-corrected chi connectivity index (χ4v) is 2.88. The third-order valence-electron chi connectivity index (χ3n) is 4.53. The predicted octanol–water partition coefficient (Wildman–Crippen LogP) is -0.756. The fourth-order valence-electron chi connectivity index (χ4n) is 2.88. The van der Waals surface area contributed by atoms with E-state index in [9.17, 15) is 19.5 Å². The first-order valence-electron chi connectivity index (χ1n) is 8.84. The number of aliphatic hydroxyl groups is 1. The van der Waals surface area contributed by atoms with E-state index in [-0.39, 0.29) is 19.6 Å². The number of rotatable bonds is 5. The van der Waals surface area contributed by atoms with Crippen LogP contribution >= 0.6 is 0 Å². The zero-order chi connectivity index (χ0) is 20.3. The lowest BCUT2D eigenvalue weighted by atomic mass is 10.2. The van der Waals surface area contributed by atoms with E-state index in [4.69, 9.17) is 9.47 Å². The molecule has 0 radical (unpaired) electrons. The Balaban J connectivity index is 1.52. The fraction of sp³-hybridized carbons (Fsp3) is 0.444. The lowest BCUT2D eigenvalue weighted by molar-refractivity contribution is -0.671. The number of H-pyrrole nitrogens is 1. The molecule has 10 nitrogen and oxygen atoms in total. The van der Waals surface area contributed by atoms with Gasteiger partial charge in [0.1, 0.15) is 26.0 Å². The van der Waals surface area contributed by atoms with E-state index in [0.717, 1.165) is 5.56 Å². The highest BCUT2D eigenvalue weighted by molar-refractivity contribution is 5.67. The molecule has 2 aromatic rings. The molecule has 3 rings (SSSR count). The number of aryl methyl sites for hydroxylation is 2. The first kappa shape index (κ1) is 19.8. The lowest BCUT2D eigenvalue weighted by Gasteiger charge is -2.16. The summed E-state index contributed by atoms with van der Waals surface area (Å²) in [4.78, 5) is 37.5.